The number of aromatic nitrogens is 1. The second-order valence-corrected chi connectivity index (χ2v) is 24.8. The standard InChI is InChI=1S/C66H82N12O12/c1-10-40(2)56-61(86)77-39-46(75-76-67)35-53(77)60(85)71-49(34-42-38-78(63(88)90-65(7,8)9)52-32-21-20-30-47(42)52)57(82)69-48(41(3)79)31-22-23-33-68-54(80)36-51(72-62(87)89-64(4,5)6)58(83)70-50(59(84)73-56)37-55(81)74-66(43-24-14-11-15-25-43,44-26-16-12-17-27-44)45-28-18-13-19-29-45/h11-21,24-30,32,38,40,46,48-51,53,56H,10,22-23,31,33-37,39H2,1-9H3,(H,68,80)(H,69,82)(H,70,83)(H,71,85)(H,72,87)(H,73,84)(H,74,81)/t40-,46-,48-,49-,50-,51-,53-,56-/m0/s1. The minimum atomic E-state index is -1.84. The van der Waals surface area contributed by atoms with E-state index in [2.05, 4.69) is 47.2 Å². The minimum absolute atomic E-state index is 0.00945. The maximum Gasteiger partial charge on any atom is 0.419 e. The Kier molecular flexibility index (Phi) is 22.7. The molecule has 24 heteroatoms. The SMILES string of the molecule is CC[C@H](C)[C@@H]1NC(=O)[C@H](CC(=O)NC(c2ccccc2)(c2ccccc2)c2ccccc2)NC(=O)[C@@H](NC(=O)OC(C)(C)C)CC(=O)NCCCC[C@@H](C(C)=O)NC(=O)[C@H](Cc2cn(C(=O)OC(C)(C)C)c3ccccc23)NC(=O)[C@@H]2C[C@H](N=[N+]=[N-])CN2C1=O. The van der Waals surface area contributed by atoms with Crippen LogP contribution in [0.3, 0.4) is 0 Å². The average molecular weight is 1240 g/mol. The molecule has 3 heterocycles. The Labute approximate surface area is 523 Å². The second-order valence-electron chi connectivity index (χ2n) is 24.8. The number of para-hydroxylation sites is 1. The number of hydrogen-bond donors (Lipinski definition) is 7. The highest BCUT2D eigenvalue weighted by Crippen LogP contribution is 2.37. The van der Waals surface area contributed by atoms with Gasteiger partial charge in [-0.1, -0.05) is 135 Å². The van der Waals surface area contributed by atoms with Crippen LogP contribution in [0.25, 0.3) is 21.3 Å². The Balaban J connectivity index is 1.31. The fraction of sp³-hybridized carbons (Fsp3) is 0.455. The van der Waals surface area contributed by atoms with E-state index < -0.39 is 137 Å². The fourth-order valence-electron chi connectivity index (χ4n) is 11.1. The lowest BCUT2D eigenvalue weighted by Crippen LogP contribution is -2.61. The van der Waals surface area contributed by atoms with Crippen molar-refractivity contribution in [2.75, 3.05) is 13.1 Å². The number of ketones is 1. The molecular formula is C66H82N12O12. The first-order valence-corrected chi connectivity index (χ1v) is 30.3. The molecule has 90 heavy (non-hydrogen) atoms. The van der Waals surface area contributed by atoms with Crippen LogP contribution in [0.15, 0.2) is 127 Å². The molecule has 7 N–H and O–H groups in total. The molecule has 4 aromatic carbocycles. The van der Waals surface area contributed by atoms with E-state index in [0.717, 1.165) is 4.90 Å². The quantitative estimate of drug-likeness (QED) is 0.0274. The summed E-state index contributed by atoms with van der Waals surface area (Å²) in [6.07, 6.45) is -1.38. The van der Waals surface area contributed by atoms with E-state index in [0.29, 0.717) is 33.2 Å². The first kappa shape index (κ1) is 67.9. The third-order valence-corrected chi connectivity index (χ3v) is 15.7. The number of Topliss-reactive ketones (excluding diaryl/α,β-unsaturated/α-hetero) is 1. The Morgan fingerprint density at radius 2 is 1.29 bits per heavy atom. The molecule has 2 saturated heterocycles. The lowest BCUT2D eigenvalue weighted by Gasteiger charge is -2.37. The summed E-state index contributed by atoms with van der Waals surface area (Å²) in [7, 11) is 0. The molecule has 8 amide bonds. The summed E-state index contributed by atoms with van der Waals surface area (Å²) >= 11 is 0. The number of carbonyl (C=O) groups excluding carboxylic acids is 10. The lowest BCUT2D eigenvalue weighted by molar-refractivity contribution is -0.144. The molecular weight excluding hydrogens is 1150 g/mol. The van der Waals surface area contributed by atoms with Gasteiger partial charge in [-0.05, 0) is 114 Å². The molecule has 0 spiro atoms. The predicted molar refractivity (Wildman–Crippen MR) is 335 cm³/mol. The van der Waals surface area contributed by atoms with Crippen molar-refractivity contribution in [3.05, 3.63) is 154 Å². The number of rotatable bonds is 13. The molecule has 5 aromatic rings. The third-order valence-electron chi connectivity index (χ3n) is 15.7. The van der Waals surface area contributed by atoms with Gasteiger partial charge in [0.15, 0.2) is 5.78 Å². The highest BCUT2D eigenvalue weighted by atomic mass is 16.6. The van der Waals surface area contributed by atoms with Gasteiger partial charge in [0, 0.05) is 36.0 Å². The average Bonchev–Trinajstić information content (AvgIpc) is 0.978. The van der Waals surface area contributed by atoms with Crippen LogP contribution in [-0.4, -0.2) is 135 Å². The number of benzene rings is 4. The summed E-state index contributed by atoms with van der Waals surface area (Å²) in [5.41, 5.74) is 9.15. The first-order chi connectivity index (χ1) is 42.7. The van der Waals surface area contributed by atoms with Gasteiger partial charge in [0.2, 0.25) is 41.4 Å². The summed E-state index contributed by atoms with van der Waals surface area (Å²) in [5, 5.41) is 23.8. The molecule has 8 atom stereocenters. The molecule has 0 aliphatic carbocycles. The van der Waals surface area contributed by atoms with Crippen LogP contribution in [0.1, 0.15) is 130 Å². The van der Waals surface area contributed by atoms with E-state index in [9.17, 15) is 34.3 Å². The number of hydrogen-bond acceptors (Lipinski definition) is 13. The van der Waals surface area contributed by atoms with E-state index in [1.807, 2.05) is 91.0 Å². The number of carbonyl (C=O) groups is 10. The summed E-state index contributed by atoms with van der Waals surface area (Å²) in [4.78, 5) is 149. The van der Waals surface area contributed by atoms with Crippen molar-refractivity contribution < 1.29 is 57.4 Å². The second kappa shape index (κ2) is 30.1. The summed E-state index contributed by atoms with van der Waals surface area (Å²) < 4.78 is 12.5. The Bertz CT molecular complexity index is 3370. The number of amides is 8. The summed E-state index contributed by atoms with van der Waals surface area (Å²) in [6, 6.07) is 24.2. The van der Waals surface area contributed by atoms with Crippen LogP contribution < -0.4 is 37.2 Å². The van der Waals surface area contributed by atoms with Crippen molar-refractivity contribution in [1.82, 2.24) is 46.7 Å². The minimum Gasteiger partial charge on any atom is -0.444 e. The van der Waals surface area contributed by atoms with Gasteiger partial charge in [-0.2, -0.15) is 0 Å². The monoisotopic (exact) mass is 1230 g/mol. The fourth-order valence-corrected chi connectivity index (χ4v) is 11.1. The topological polar surface area (TPSA) is 330 Å². The Morgan fingerprint density at radius 1 is 0.722 bits per heavy atom. The summed E-state index contributed by atoms with van der Waals surface area (Å²) in [5.74, 6) is -7.22. The van der Waals surface area contributed by atoms with Crippen LogP contribution in [0.2, 0.25) is 0 Å². The molecule has 0 unspecified atom stereocenters. The summed E-state index contributed by atoms with van der Waals surface area (Å²) in [6.45, 7) is 14.3. The zero-order valence-electron chi connectivity index (χ0n) is 52.4. The molecule has 7 rings (SSSR count). The van der Waals surface area contributed by atoms with Gasteiger partial charge in [0.1, 0.15) is 47.0 Å². The molecule has 0 bridgehead atoms. The number of alkyl carbamates (subject to hydrolysis) is 1. The van der Waals surface area contributed by atoms with Crippen molar-refractivity contribution >= 4 is 70.2 Å². The third kappa shape index (κ3) is 17.6. The largest absolute Gasteiger partial charge is 0.444 e. The van der Waals surface area contributed by atoms with Crippen LogP contribution in [-0.2, 0) is 59.8 Å². The first-order valence-electron chi connectivity index (χ1n) is 30.3. The van der Waals surface area contributed by atoms with E-state index in [1.54, 1.807) is 79.7 Å². The van der Waals surface area contributed by atoms with E-state index in [4.69, 9.17) is 9.47 Å². The van der Waals surface area contributed by atoms with E-state index in [1.165, 1.54) is 17.7 Å². The maximum absolute atomic E-state index is 15.5. The van der Waals surface area contributed by atoms with Crippen LogP contribution in [0, 0.1) is 5.92 Å². The van der Waals surface area contributed by atoms with Crippen molar-refractivity contribution in [3.8, 4) is 0 Å². The molecule has 2 aliphatic heterocycles. The molecule has 478 valence electrons. The van der Waals surface area contributed by atoms with Gasteiger partial charge in [-0.3, -0.25) is 42.9 Å². The van der Waals surface area contributed by atoms with Crippen molar-refractivity contribution in [3.63, 3.8) is 0 Å². The molecule has 1 aromatic heterocycles. The van der Waals surface area contributed by atoms with Gasteiger partial charge in [-0.25, -0.2) is 9.59 Å². The number of fused-ring (bicyclic) bond motifs is 2. The van der Waals surface area contributed by atoms with Crippen LogP contribution in [0.4, 0.5) is 9.59 Å². The van der Waals surface area contributed by atoms with Gasteiger partial charge in [0.05, 0.1) is 30.4 Å². The number of azide groups is 1. The van der Waals surface area contributed by atoms with Crippen molar-refractivity contribution in [2.24, 2.45) is 11.0 Å². The molecule has 0 radical (unpaired) electrons. The molecule has 24 nitrogen and oxygen atoms in total. The zero-order chi connectivity index (χ0) is 65.5. The maximum atomic E-state index is 15.5. The Morgan fingerprint density at radius 3 is 1.86 bits per heavy atom. The lowest BCUT2D eigenvalue weighted by atomic mass is 9.77. The Hall–Kier alpha value is -9.57. The number of nitrogens with one attached hydrogen (secondary N) is 7. The zero-order valence-corrected chi connectivity index (χ0v) is 52.4. The van der Waals surface area contributed by atoms with Crippen molar-refractivity contribution in [1.29, 1.82) is 0 Å². The molecule has 2 fully saturated rings. The highest BCUT2D eigenvalue weighted by molar-refractivity contribution is 6.00. The van der Waals surface area contributed by atoms with Gasteiger partial charge in [-0.15, -0.1) is 0 Å². The number of nitrogens with zero attached hydrogens (tertiary/aromatic N) is 5. The van der Waals surface area contributed by atoms with Gasteiger partial charge in [0.25, 0.3) is 0 Å². The smallest absolute Gasteiger partial charge is 0.419 e. The molecule has 0 saturated carbocycles. The van der Waals surface area contributed by atoms with E-state index >= 15 is 19.2 Å². The predicted octanol–water partition coefficient (Wildman–Crippen LogP) is 6.90. The molecule has 2 aliphatic rings. The van der Waals surface area contributed by atoms with Gasteiger partial charge < -0.3 is 51.6 Å². The number of ether oxygens (including phenoxy) is 2. The van der Waals surface area contributed by atoms with Gasteiger partial charge >= 0.3 is 12.2 Å². The van der Waals surface area contributed by atoms with E-state index in [-0.39, 0.29) is 51.6 Å². The normalized spacial score (nSPS) is 21.6. The van der Waals surface area contributed by atoms with Crippen LogP contribution in [0.5, 0.6) is 0 Å². The van der Waals surface area contributed by atoms with Crippen LogP contribution >= 0.6 is 0 Å². The van der Waals surface area contributed by atoms with Crippen molar-refractivity contribution in [2.45, 2.75) is 173 Å². The highest BCUT2D eigenvalue weighted by Gasteiger charge is 2.46.